The number of benzene rings is 1. The molecule has 0 saturated heterocycles. The summed E-state index contributed by atoms with van der Waals surface area (Å²) in [5.41, 5.74) is 1.04. The lowest BCUT2D eigenvalue weighted by Gasteiger charge is -2.22. The number of hydrogen-bond donors (Lipinski definition) is 2. The lowest BCUT2D eigenvalue weighted by atomic mass is 10.0. The van der Waals surface area contributed by atoms with Gasteiger partial charge >= 0.3 is 6.03 Å². The van der Waals surface area contributed by atoms with Crippen molar-refractivity contribution in [3.63, 3.8) is 0 Å². The molecule has 0 radical (unpaired) electrons. The second-order valence-electron chi connectivity index (χ2n) is 5.94. The van der Waals surface area contributed by atoms with E-state index in [0.29, 0.717) is 10.9 Å². The number of urea groups is 1. The Kier molecular flexibility index (Phi) is 5.29. The molecule has 5 nitrogen and oxygen atoms in total. The number of amides is 3. The van der Waals surface area contributed by atoms with Crippen LogP contribution in [-0.4, -0.2) is 37.0 Å². The standard InChI is InChI=1S/C16H22ClN3O2/c1-10(15(21)20(2)3)18-16(22)19-14(11-4-5-11)12-6-8-13(17)9-7-12/h6-11,14H,4-5H2,1-3H3,(H2,18,19,22)/t10-,14-/m0/s1. The van der Waals surface area contributed by atoms with Crippen LogP contribution in [0.2, 0.25) is 5.02 Å². The fourth-order valence-corrected chi connectivity index (χ4v) is 2.53. The summed E-state index contributed by atoms with van der Waals surface area (Å²) in [5, 5.41) is 6.34. The first-order valence-corrected chi connectivity index (χ1v) is 7.80. The molecule has 2 rings (SSSR count). The van der Waals surface area contributed by atoms with Gasteiger partial charge in [0.15, 0.2) is 0 Å². The molecule has 1 aliphatic carbocycles. The summed E-state index contributed by atoms with van der Waals surface area (Å²) in [5.74, 6) is 0.316. The van der Waals surface area contributed by atoms with Crippen molar-refractivity contribution >= 4 is 23.5 Å². The zero-order valence-electron chi connectivity index (χ0n) is 13.1. The van der Waals surface area contributed by atoms with E-state index in [1.165, 1.54) is 4.90 Å². The molecule has 1 aromatic carbocycles. The minimum Gasteiger partial charge on any atom is -0.347 e. The van der Waals surface area contributed by atoms with Crippen LogP contribution < -0.4 is 10.6 Å². The predicted octanol–water partition coefficient (Wildman–Crippen LogP) is 2.57. The van der Waals surface area contributed by atoms with Crippen LogP contribution in [0.25, 0.3) is 0 Å². The summed E-state index contributed by atoms with van der Waals surface area (Å²) in [6, 6.07) is 6.59. The van der Waals surface area contributed by atoms with Gasteiger partial charge in [-0.15, -0.1) is 0 Å². The Bertz CT molecular complexity index is 541. The van der Waals surface area contributed by atoms with Gasteiger partial charge in [0, 0.05) is 19.1 Å². The number of likely N-dealkylation sites (N-methyl/N-ethyl adjacent to an activating group) is 1. The van der Waals surface area contributed by atoms with Gasteiger partial charge < -0.3 is 15.5 Å². The van der Waals surface area contributed by atoms with Crippen molar-refractivity contribution in [2.45, 2.75) is 31.8 Å². The van der Waals surface area contributed by atoms with Crippen LogP contribution >= 0.6 is 11.6 Å². The molecule has 1 fully saturated rings. The van der Waals surface area contributed by atoms with E-state index < -0.39 is 6.04 Å². The van der Waals surface area contributed by atoms with Gasteiger partial charge in [0.25, 0.3) is 0 Å². The molecule has 120 valence electrons. The molecule has 0 spiro atoms. The van der Waals surface area contributed by atoms with Crippen LogP contribution in [-0.2, 0) is 4.79 Å². The zero-order valence-corrected chi connectivity index (χ0v) is 13.9. The molecular weight excluding hydrogens is 302 g/mol. The van der Waals surface area contributed by atoms with Gasteiger partial charge in [0.1, 0.15) is 6.04 Å². The van der Waals surface area contributed by atoms with Crippen LogP contribution in [0.4, 0.5) is 4.79 Å². The molecule has 1 aliphatic rings. The van der Waals surface area contributed by atoms with Crippen molar-refractivity contribution in [2.75, 3.05) is 14.1 Å². The van der Waals surface area contributed by atoms with Gasteiger partial charge in [-0.05, 0) is 43.4 Å². The van der Waals surface area contributed by atoms with Gasteiger partial charge in [-0.25, -0.2) is 4.79 Å². The first-order chi connectivity index (χ1) is 10.4. The maximum Gasteiger partial charge on any atom is 0.315 e. The second kappa shape index (κ2) is 7.01. The highest BCUT2D eigenvalue weighted by Crippen LogP contribution is 2.41. The molecule has 1 aromatic rings. The Morgan fingerprint density at radius 3 is 2.27 bits per heavy atom. The highest BCUT2D eigenvalue weighted by Gasteiger charge is 2.33. The molecule has 0 bridgehead atoms. The largest absolute Gasteiger partial charge is 0.347 e. The van der Waals surface area contributed by atoms with E-state index >= 15 is 0 Å². The molecule has 1 saturated carbocycles. The molecule has 0 aliphatic heterocycles. The van der Waals surface area contributed by atoms with Crippen molar-refractivity contribution in [1.82, 2.24) is 15.5 Å². The predicted molar refractivity (Wildman–Crippen MR) is 86.7 cm³/mol. The summed E-state index contributed by atoms with van der Waals surface area (Å²) in [6.45, 7) is 1.68. The monoisotopic (exact) mass is 323 g/mol. The Morgan fingerprint density at radius 2 is 1.77 bits per heavy atom. The summed E-state index contributed by atoms with van der Waals surface area (Å²) in [7, 11) is 3.33. The molecule has 0 aromatic heterocycles. The average molecular weight is 324 g/mol. The smallest absolute Gasteiger partial charge is 0.315 e. The third-order valence-corrected chi connectivity index (χ3v) is 4.02. The molecule has 0 unspecified atom stereocenters. The average Bonchev–Trinajstić information content (AvgIpc) is 3.29. The highest BCUT2D eigenvalue weighted by molar-refractivity contribution is 6.30. The second-order valence-corrected chi connectivity index (χ2v) is 6.38. The molecule has 22 heavy (non-hydrogen) atoms. The van der Waals surface area contributed by atoms with Crippen LogP contribution in [0.15, 0.2) is 24.3 Å². The first-order valence-electron chi connectivity index (χ1n) is 7.42. The van der Waals surface area contributed by atoms with Crippen LogP contribution in [0.3, 0.4) is 0 Å². The van der Waals surface area contributed by atoms with Gasteiger partial charge in [0.2, 0.25) is 5.91 Å². The van der Waals surface area contributed by atoms with E-state index in [1.54, 1.807) is 21.0 Å². The van der Waals surface area contributed by atoms with Crippen LogP contribution in [0.1, 0.15) is 31.4 Å². The number of hydrogen-bond acceptors (Lipinski definition) is 2. The Morgan fingerprint density at radius 1 is 1.18 bits per heavy atom. The van der Waals surface area contributed by atoms with Crippen molar-refractivity contribution in [3.8, 4) is 0 Å². The number of nitrogens with zero attached hydrogens (tertiary/aromatic N) is 1. The van der Waals surface area contributed by atoms with E-state index in [4.69, 9.17) is 11.6 Å². The van der Waals surface area contributed by atoms with E-state index in [-0.39, 0.29) is 18.0 Å². The molecule has 3 amide bonds. The summed E-state index contributed by atoms with van der Waals surface area (Å²) >= 11 is 5.91. The van der Waals surface area contributed by atoms with Gasteiger partial charge in [-0.1, -0.05) is 23.7 Å². The summed E-state index contributed by atoms with van der Waals surface area (Å²) in [4.78, 5) is 25.4. The minimum atomic E-state index is -0.555. The third kappa shape index (κ3) is 4.37. The van der Waals surface area contributed by atoms with E-state index in [1.807, 2.05) is 24.3 Å². The maximum absolute atomic E-state index is 12.1. The fraction of sp³-hybridized carbons (Fsp3) is 0.500. The van der Waals surface area contributed by atoms with E-state index in [2.05, 4.69) is 10.6 Å². The number of carbonyl (C=O) groups is 2. The number of carbonyl (C=O) groups excluding carboxylic acids is 2. The molecular formula is C16H22ClN3O2. The fourth-order valence-electron chi connectivity index (χ4n) is 2.40. The maximum atomic E-state index is 12.1. The third-order valence-electron chi connectivity index (χ3n) is 3.77. The quantitative estimate of drug-likeness (QED) is 0.875. The van der Waals surface area contributed by atoms with Crippen LogP contribution in [0, 0.1) is 5.92 Å². The van der Waals surface area contributed by atoms with Gasteiger partial charge in [-0.2, -0.15) is 0 Å². The number of nitrogens with one attached hydrogen (secondary N) is 2. The lowest BCUT2D eigenvalue weighted by molar-refractivity contribution is -0.130. The summed E-state index contributed by atoms with van der Waals surface area (Å²) in [6.07, 6.45) is 2.19. The minimum absolute atomic E-state index is 0.0427. The Balaban J connectivity index is 1.98. The van der Waals surface area contributed by atoms with Gasteiger partial charge in [-0.3, -0.25) is 4.79 Å². The van der Waals surface area contributed by atoms with Gasteiger partial charge in [0.05, 0.1) is 6.04 Å². The van der Waals surface area contributed by atoms with Crippen molar-refractivity contribution in [3.05, 3.63) is 34.9 Å². The molecule has 2 N–H and O–H groups in total. The Hall–Kier alpha value is -1.75. The molecule has 6 heteroatoms. The SMILES string of the molecule is C[C@H](NC(=O)N[C@H](c1ccc(Cl)cc1)C1CC1)C(=O)N(C)C. The number of halogens is 1. The normalized spacial score (nSPS) is 16.5. The lowest BCUT2D eigenvalue weighted by Crippen LogP contribution is -2.49. The summed E-state index contributed by atoms with van der Waals surface area (Å²) < 4.78 is 0. The van der Waals surface area contributed by atoms with E-state index in [0.717, 1.165) is 18.4 Å². The zero-order chi connectivity index (χ0) is 16.3. The van der Waals surface area contributed by atoms with Crippen molar-refractivity contribution in [1.29, 1.82) is 0 Å². The highest BCUT2D eigenvalue weighted by atomic mass is 35.5. The first kappa shape index (κ1) is 16.6. The Labute approximate surface area is 136 Å². The molecule has 2 atom stereocenters. The number of rotatable bonds is 5. The van der Waals surface area contributed by atoms with Crippen molar-refractivity contribution in [2.24, 2.45) is 5.92 Å². The molecule has 0 heterocycles. The van der Waals surface area contributed by atoms with Crippen molar-refractivity contribution < 1.29 is 9.59 Å². The van der Waals surface area contributed by atoms with E-state index in [9.17, 15) is 9.59 Å². The van der Waals surface area contributed by atoms with Crippen LogP contribution in [0.5, 0.6) is 0 Å². The topological polar surface area (TPSA) is 61.4 Å².